The third kappa shape index (κ3) is 3.80. The minimum Gasteiger partial charge on any atom is -0.314 e. The summed E-state index contributed by atoms with van der Waals surface area (Å²) in [6.07, 6.45) is 8.05. The van der Waals surface area contributed by atoms with Crippen LogP contribution < -0.4 is 5.32 Å². The van der Waals surface area contributed by atoms with Gasteiger partial charge in [0.05, 0.1) is 0 Å². The molecule has 104 valence electrons. The Balaban J connectivity index is 1.52. The van der Waals surface area contributed by atoms with Crippen LogP contribution in [0.5, 0.6) is 0 Å². The summed E-state index contributed by atoms with van der Waals surface area (Å²) in [6, 6.07) is 10.0. The second-order valence-electron chi connectivity index (χ2n) is 6.15. The van der Waals surface area contributed by atoms with E-state index in [4.69, 9.17) is 0 Å². The van der Waals surface area contributed by atoms with Crippen molar-refractivity contribution in [3.05, 3.63) is 35.4 Å². The molecule has 1 aromatic rings. The zero-order valence-corrected chi connectivity index (χ0v) is 11.9. The third-order valence-electron chi connectivity index (χ3n) is 4.52. The van der Waals surface area contributed by atoms with Crippen LogP contribution in [-0.4, -0.2) is 30.6 Å². The first kappa shape index (κ1) is 13.1. The molecule has 2 fully saturated rings. The Morgan fingerprint density at radius 2 is 1.68 bits per heavy atom. The van der Waals surface area contributed by atoms with E-state index in [-0.39, 0.29) is 0 Å². The normalized spacial score (nSPS) is 24.7. The van der Waals surface area contributed by atoms with Gasteiger partial charge in [-0.15, -0.1) is 0 Å². The number of nitrogens with zero attached hydrogens (tertiary/aromatic N) is 1. The zero-order valence-electron chi connectivity index (χ0n) is 11.9. The molecule has 2 aliphatic rings. The van der Waals surface area contributed by atoms with Crippen LogP contribution in [0.3, 0.4) is 0 Å². The summed E-state index contributed by atoms with van der Waals surface area (Å²) < 4.78 is 0. The van der Waals surface area contributed by atoms with Gasteiger partial charge in [0.2, 0.25) is 0 Å². The molecule has 1 unspecified atom stereocenters. The van der Waals surface area contributed by atoms with E-state index in [9.17, 15) is 0 Å². The van der Waals surface area contributed by atoms with Gasteiger partial charge in [-0.25, -0.2) is 0 Å². The Morgan fingerprint density at radius 1 is 0.947 bits per heavy atom. The van der Waals surface area contributed by atoms with Crippen LogP contribution in [0.1, 0.15) is 43.2 Å². The summed E-state index contributed by atoms with van der Waals surface area (Å²) in [5, 5.41) is 3.63. The highest BCUT2D eigenvalue weighted by Crippen LogP contribution is 2.16. The van der Waals surface area contributed by atoms with Gasteiger partial charge in [-0.1, -0.05) is 30.7 Å². The smallest absolute Gasteiger partial charge is 0.0233 e. The molecule has 2 aliphatic heterocycles. The second-order valence-corrected chi connectivity index (χ2v) is 6.15. The van der Waals surface area contributed by atoms with Gasteiger partial charge in [-0.2, -0.15) is 0 Å². The van der Waals surface area contributed by atoms with Crippen molar-refractivity contribution in [2.24, 2.45) is 0 Å². The van der Waals surface area contributed by atoms with Gasteiger partial charge in [-0.3, -0.25) is 4.90 Å². The van der Waals surface area contributed by atoms with Gasteiger partial charge in [0.15, 0.2) is 0 Å². The SMILES string of the molecule is c1cc(CN2CCCC2)ccc1CC1CCCCN1. The molecule has 2 heterocycles. The van der Waals surface area contributed by atoms with Crippen LogP contribution in [0, 0.1) is 0 Å². The maximum atomic E-state index is 3.63. The largest absolute Gasteiger partial charge is 0.314 e. The third-order valence-corrected chi connectivity index (χ3v) is 4.52. The molecule has 0 amide bonds. The van der Waals surface area contributed by atoms with Gasteiger partial charge in [0.25, 0.3) is 0 Å². The molecule has 1 N–H and O–H groups in total. The van der Waals surface area contributed by atoms with Gasteiger partial charge < -0.3 is 5.32 Å². The molecule has 0 bridgehead atoms. The average Bonchev–Trinajstić information content (AvgIpc) is 2.95. The highest BCUT2D eigenvalue weighted by Gasteiger charge is 2.14. The van der Waals surface area contributed by atoms with Gasteiger partial charge in [0.1, 0.15) is 0 Å². The quantitative estimate of drug-likeness (QED) is 0.893. The minimum atomic E-state index is 0.707. The summed E-state index contributed by atoms with van der Waals surface area (Å²) in [7, 11) is 0. The van der Waals surface area contributed by atoms with Crippen LogP contribution in [0.15, 0.2) is 24.3 Å². The summed E-state index contributed by atoms with van der Waals surface area (Å²) in [5.41, 5.74) is 2.96. The number of rotatable bonds is 4. The molecule has 19 heavy (non-hydrogen) atoms. The van der Waals surface area contributed by atoms with E-state index >= 15 is 0 Å². The maximum absolute atomic E-state index is 3.63. The first-order chi connectivity index (χ1) is 9.40. The summed E-state index contributed by atoms with van der Waals surface area (Å²) in [6.45, 7) is 4.92. The number of nitrogens with one attached hydrogen (secondary N) is 1. The molecule has 0 aliphatic carbocycles. The van der Waals surface area contributed by atoms with Crippen molar-refractivity contribution in [2.45, 2.75) is 51.1 Å². The second kappa shape index (κ2) is 6.53. The predicted octanol–water partition coefficient (Wildman–Crippen LogP) is 2.97. The monoisotopic (exact) mass is 258 g/mol. The van der Waals surface area contributed by atoms with Crippen molar-refractivity contribution >= 4 is 0 Å². The maximum Gasteiger partial charge on any atom is 0.0233 e. The standard InChI is InChI=1S/C17H26N2/c1-2-10-18-17(5-1)13-15-6-8-16(9-7-15)14-19-11-3-4-12-19/h6-9,17-18H,1-5,10-14H2. The first-order valence-corrected chi connectivity index (χ1v) is 7.94. The number of hydrogen-bond donors (Lipinski definition) is 1. The summed E-state index contributed by atoms with van der Waals surface area (Å²) >= 11 is 0. The van der Waals surface area contributed by atoms with Crippen LogP contribution in [-0.2, 0) is 13.0 Å². The zero-order chi connectivity index (χ0) is 12.9. The molecular formula is C17H26N2. The molecule has 1 atom stereocenters. The number of benzene rings is 1. The first-order valence-electron chi connectivity index (χ1n) is 7.94. The summed E-state index contributed by atoms with van der Waals surface area (Å²) in [4.78, 5) is 2.57. The van der Waals surface area contributed by atoms with E-state index in [1.807, 2.05) is 0 Å². The lowest BCUT2D eigenvalue weighted by Gasteiger charge is -2.23. The van der Waals surface area contributed by atoms with E-state index < -0.39 is 0 Å². The van der Waals surface area contributed by atoms with Crippen LogP contribution >= 0.6 is 0 Å². The highest BCUT2D eigenvalue weighted by atomic mass is 15.1. The van der Waals surface area contributed by atoms with Crippen molar-refractivity contribution in [1.82, 2.24) is 10.2 Å². The molecule has 0 aromatic heterocycles. The minimum absolute atomic E-state index is 0.707. The molecule has 0 radical (unpaired) electrons. The van der Waals surface area contributed by atoms with Crippen molar-refractivity contribution in [3.63, 3.8) is 0 Å². The van der Waals surface area contributed by atoms with Gasteiger partial charge in [0, 0.05) is 12.6 Å². The lowest BCUT2D eigenvalue weighted by Crippen LogP contribution is -2.35. The highest BCUT2D eigenvalue weighted by molar-refractivity contribution is 5.23. The van der Waals surface area contributed by atoms with Crippen LogP contribution in [0.4, 0.5) is 0 Å². The average molecular weight is 258 g/mol. The molecule has 2 heteroatoms. The van der Waals surface area contributed by atoms with Crippen LogP contribution in [0.2, 0.25) is 0 Å². The van der Waals surface area contributed by atoms with Crippen molar-refractivity contribution in [3.8, 4) is 0 Å². The topological polar surface area (TPSA) is 15.3 Å². The molecule has 3 rings (SSSR count). The van der Waals surface area contributed by atoms with E-state index in [0.29, 0.717) is 6.04 Å². The Labute approximate surface area is 117 Å². The van der Waals surface area contributed by atoms with Crippen LogP contribution in [0.25, 0.3) is 0 Å². The fourth-order valence-electron chi connectivity index (χ4n) is 3.36. The van der Waals surface area contributed by atoms with E-state index in [2.05, 4.69) is 34.5 Å². The van der Waals surface area contributed by atoms with Crippen molar-refractivity contribution in [2.75, 3.05) is 19.6 Å². The van der Waals surface area contributed by atoms with Gasteiger partial charge >= 0.3 is 0 Å². The fraction of sp³-hybridized carbons (Fsp3) is 0.647. The Bertz CT molecular complexity index is 373. The Morgan fingerprint density at radius 3 is 2.37 bits per heavy atom. The predicted molar refractivity (Wildman–Crippen MR) is 80.3 cm³/mol. The molecule has 2 saturated heterocycles. The van der Waals surface area contributed by atoms with E-state index in [0.717, 1.165) is 6.54 Å². The molecule has 0 saturated carbocycles. The number of piperidine rings is 1. The fourth-order valence-corrected chi connectivity index (χ4v) is 3.36. The summed E-state index contributed by atoms with van der Waals surface area (Å²) in [5.74, 6) is 0. The molecule has 2 nitrogen and oxygen atoms in total. The lowest BCUT2D eigenvalue weighted by atomic mass is 9.97. The molecular weight excluding hydrogens is 232 g/mol. The van der Waals surface area contributed by atoms with Crippen molar-refractivity contribution in [1.29, 1.82) is 0 Å². The van der Waals surface area contributed by atoms with E-state index in [1.54, 1.807) is 0 Å². The number of likely N-dealkylation sites (tertiary alicyclic amines) is 1. The van der Waals surface area contributed by atoms with E-state index in [1.165, 1.54) is 69.3 Å². The lowest BCUT2D eigenvalue weighted by molar-refractivity contribution is 0.331. The van der Waals surface area contributed by atoms with Crippen molar-refractivity contribution < 1.29 is 0 Å². The Hall–Kier alpha value is -0.860. The van der Waals surface area contributed by atoms with Gasteiger partial charge in [-0.05, 0) is 62.9 Å². The molecule has 1 aromatic carbocycles. The number of hydrogen-bond acceptors (Lipinski definition) is 2. The molecule has 0 spiro atoms. The Kier molecular flexibility index (Phi) is 4.52.